The number of ether oxygens (including phenoxy) is 1. The average molecular weight is 397 g/mol. The van der Waals surface area contributed by atoms with E-state index in [1.54, 1.807) is 18.2 Å². The van der Waals surface area contributed by atoms with E-state index >= 15 is 0 Å². The van der Waals surface area contributed by atoms with E-state index < -0.39 is 21.7 Å². The Balaban J connectivity index is 2.46. The van der Waals surface area contributed by atoms with Crippen LogP contribution in [-0.2, 0) is 20.4 Å². The van der Waals surface area contributed by atoms with Crippen LogP contribution in [0, 0.1) is 0 Å². The van der Waals surface area contributed by atoms with Gasteiger partial charge in [-0.25, -0.2) is 17.9 Å². The monoisotopic (exact) mass is 396 g/mol. The van der Waals surface area contributed by atoms with Crippen LogP contribution in [0.3, 0.4) is 0 Å². The van der Waals surface area contributed by atoms with Gasteiger partial charge in [0.1, 0.15) is 5.60 Å². The van der Waals surface area contributed by atoms with Crippen molar-refractivity contribution in [2.45, 2.75) is 12.0 Å². The Kier molecular flexibility index (Phi) is 5.98. The minimum Gasteiger partial charge on any atom is -0.465 e. The van der Waals surface area contributed by atoms with Crippen molar-refractivity contribution in [3.05, 3.63) is 33.8 Å². The van der Waals surface area contributed by atoms with Gasteiger partial charge in [-0.05, 0) is 24.1 Å². The summed E-state index contributed by atoms with van der Waals surface area (Å²) in [6, 6.07) is 4.80. The van der Waals surface area contributed by atoms with E-state index in [4.69, 9.17) is 27.9 Å². The number of nitrogens with zero attached hydrogens (tertiary/aromatic N) is 1. The third-order valence-electron chi connectivity index (χ3n) is 3.73. The summed E-state index contributed by atoms with van der Waals surface area (Å²) in [5, 5.41) is 9.98. The lowest BCUT2D eigenvalue weighted by molar-refractivity contribution is -0.0447. The molecule has 10 heteroatoms. The van der Waals surface area contributed by atoms with Crippen LogP contribution >= 0.6 is 23.2 Å². The normalized spacial score (nSPS) is 22.2. The van der Waals surface area contributed by atoms with Crippen molar-refractivity contribution in [1.82, 2.24) is 9.62 Å². The lowest BCUT2D eigenvalue weighted by Crippen LogP contribution is -2.50. The van der Waals surface area contributed by atoms with E-state index in [0.717, 1.165) is 6.26 Å². The van der Waals surface area contributed by atoms with Gasteiger partial charge in [-0.3, -0.25) is 0 Å². The van der Waals surface area contributed by atoms with Crippen molar-refractivity contribution in [1.29, 1.82) is 0 Å². The number of benzene rings is 1. The molecular formula is C14H18Cl2N2O5S. The van der Waals surface area contributed by atoms with Crippen LogP contribution in [0.1, 0.15) is 12.0 Å². The number of halogens is 2. The van der Waals surface area contributed by atoms with Gasteiger partial charge in [0.05, 0.1) is 22.8 Å². The Morgan fingerprint density at radius 2 is 2.12 bits per heavy atom. The maximum Gasteiger partial charge on any atom is 0.407 e. The Hall–Kier alpha value is -1.06. The highest BCUT2D eigenvalue weighted by molar-refractivity contribution is 7.88. The number of nitrogens with one attached hydrogen (secondary N) is 1. The molecule has 1 saturated heterocycles. The minimum absolute atomic E-state index is 0.0250. The highest BCUT2D eigenvalue weighted by atomic mass is 35.5. The first-order valence-electron chi connectivity index (χ1n) is 7.15. The molecule has 1 aromatic carbocycles. The fraction of sp³-hybridized carbons (Fsp3) is 0.500. The summed E-state index contributed by atoms with van der Waals surface area (Å²) in [4.78, 5) is 12.6. The van der Waals surface area contributed by atoms with Gasteiger partial charge in [-0.2, -0.15) is 0 Å². The summed E-state index contributed by atoms with van der Waals surface area (Å²) < 4.78 is 31.4. The second kappa shape index (κ2) is 7.45. The van der Waals surface area contributed by atoms with Crippen LogP contribution < -0.4 is 4.72 Å². The van der Waals surface area contributed by atoms with Gasteiger partial charge >= 0.3 is 6.09 Å². The fourth-order valence-corrected chi connectivity index (χ4v) is 3.32. The summed E-state index contributed by atoms with van der Waals surface area (Å²) >= 11 is 12.0. The van der Waals surface area contributed by atoms with Crippen LogP contribution in [0.25, 0.3) is 0 Å². The van der Waals surface area contributed by atoms with Crippen LogP contribution in [0.4, 0.5) is 4.79 Å². The van der Waals surface area contributed by atoms with Gasteiger partial charge in [0.2, 0.25) is 10.0 Å². The van der Waals surface area contributed by atoms with E-state index in [2.05, 4.69) is 4.72 Å². The van der Waals surface area contributed by atoms with Crippen LogP contribution in [-0.4, -0.2) is 57.0 Å². The molecule has 1 aliphatic heterocycles. The molecule has 1 aromatic rings. The number of amides is 1. The number of sulfonamides is 1. The quantitative estimate of drug-likeness (QED) is 0.812. The van der Waals surface area contributed by atoms with Crippen molar-refractivity contribution in [3.63, 3.8) is 0 Å². The van der Waals surface area contributed by atoms with E-state index in [1.165, 1.54) is 4.90 Å². The molecule has 0 aliphatic carbocycles. The van der Waals surface area contributed by atoms with Crippen LogP contribution in [0.15, 0.2) is 18.2 Å². The average Bonchev–Trinajstić information content (AvgIpc) is 2.71. The van der Waals surface area contributed by atoms with Crippen molar-refractivity contribution >= 4 is 39.3 Å². The predicted octanol–water partition coefficient (Wildman–Crippen LogP) is 2.14. The molecule has 2 N–H and O–H groups in total. The molecule has 1 fully saturated rings. The van der Waals surface area contributed by atoms with E-state index in [1.807, 2.05) is 0 Å². The first kappa shape index (κ1) is 19.3. The van der Waals surface area contributed by atoms with Gasteiger partial charge < -0.3 is 14.7 Å². The zero-order valence-corrected chi connectivity index (χ0v) is 15.3. The fourth-order valence-electron chi connectivity index (χ4n) is 2.53. The highest BCUT2D eigenvalue weighted by Crippen LogP contribution is 2.33. The summed E-state index contributed by atoms with van der Waals surface area (Å²) in [7, 11) is -3.49. The number of carbonyl (C=O) groups is 1. The lowest BCUT2D eigenvalue weighted by atomic mass is 9.93. The second-order valence-corrected chi connectivity index (χ2v) is 8.27. The molecule has 1 amide bonds. The molecule has 1 atom stereocenters. The van der Waals surface area contributed by atoms with Crippen molar-refractivity contribution in [2.24, 2.45) is 0 Å². The van der Waals surface area contributed by atoms with Gasteiger partial charge in [-0.1, -0.05) is 29.3 Å². The first-order valence-corrected chi connectivity index (χ1v) is 9.80. The summed E-state index contributed by atoms with van der Waals surface area (Å²) in [6.07, 6.45) is 0.444. The first-order chi connectivity index (χ1) is 11.1. The molecule has 0 saturated carbocycles. The topological polar surface area (TPSA) is 95.9 Å². The molecule has 0 aromatic heterocycles. The molecule has 0 unspecified atom stereocenters. The summed E-state index contributed by atoms with van der Waals surface area (Å²) in [5.74, 6) is 0. The van der Waals surface area contributed by atoms with E-state index in [0.29, 0.717) is 23.6 Å². The zero-order valence-electron chi connectivity index (χ0n) is 13.0. The largest absolute Gasteiger partial charge is 0.465 e. The Bertz CT molecular complexity index is 728. The number of rotatable bonds is 4. The molecule has 1 heterocycles. The van der Waals surface area contributed by atoms with Gasteiger partial charge in [0, 0.05) is 19.7 Å². The Morgan fingerprint density at radius 3 is 2.71 bits per heavy atom. The van der Waals surface area contributed by atoms with Gasteiger partial charge in [0.15, 0.2) is 0 Å². The Morgan fingerprint density at radius 1 is 1.42 bits per heavy atom. The third kappa shape index (κ3) is 4.73. The summed E-state index contributed by atoms with van der Waals surface area (Å²) in [6.45, 7) is 0.448. The number of hydrogen-bond donors (Lipinski definition) is 2. The molecule has 7 nitrogen and oxygen atoms in total. The number of hydrogen-bond acceptors (Lipinski definition) is 4. The maximum atomic E-state index is 11.5. The maximum absolute atomic E-state index is 11.5. The molecule has 1 aliphatic rings. The third-order valence-corrected chi connectivity index (χ3v) is 5.14. The highest BCUT2D eigenvalue weighted by Gasteiger charge is 2.39. The van der Waals surface area contributed by atoms with Crippen LogP contribution in [0.5, 0.6) is 0 Å². The molecule has 0 radical (unpaired) electrons. The van der Waals surface area contributed by atoms with E-state index in [-0.39, 0.29) is 24.7 Å². The molecule has 2 rings (SSSR count). The minimum atomic E-state index is -3.49. The number of carboxylic acid groups (broad SMARTS) is 1. The zero-order chi connectivity index (χ0) is 18.0. The smallest absolute Gasteiger partial charge is 0.407 e. The lowest BCUT2D eigenvalue weighted by Gasteiger charge is -2.35. The van der Waals surface area contributed by atoms with Gasteiger partial charge in [0.25, 0.3) is 0 Å². The summed E-state index contributed by atoms with van der Waals surface area (Å²) in [5.41, 5.74) is -0.632. The van der Waals surface area contributed by atoms with E-state index in [9.17, 15) is 18.3 Å². The second-order valence-electron chi connectivity index (χ2n) is 5.62. The van der Waals surface area contributed by atoms with Crippen LogP contribution in [0.2, 0.25) is 10.0 Å². The molecule has 24 heavy (non-hydrogen) atoms. The van der Waals surface area contributed by atoms with Gasteiger partial charge in [-0.15, -0.1) is 0 Å². The van der Waals surface area contributed by atoms with Crippen molar-refractivity contribution in [2.75, 3.05) is 32.5 Å². The SMILES string of the molecule is CS(=O)(=O)NC[C@]1(c2ccc(Cl)c(Cl)c2)CN(C(=O)O)CCCO1. The molecule has 0 spiro atoms. The van der Waals surface area contributed by atoms with Crippen molar-refractivity contribution < 1.29 is 23.1 Å². The molecule has 0 bridgehead atoms. The molecule has 134 valence electrons. The Labute approximate surface area is 150 Å². The predicted molar refractivity (Wildman–Crippen MR) is 91.2 cm³/mol. The standard InChI is InChI=1S/C14H18Cl2N2O5S/c1-24(21,22)17-8-14(10-3-4-11(15)12(16)7-10)9-18(13(19)20)5-2-6-23-14/h3-4,7,17H,2,5-6,8-9H2,1H3,(H,19,20)/t14-/m1/s1. The molecular weight excluding hydrogens is 379 g/mol. The van der Waals surface area contributed by atoms with Crippen molar-refractivity contribution in [3.8, 4) is 0 Å².